The normalized spacial score (nSPS) is 13.6. The second-order valence-electron chi connectivity index (χ2n) is 5.79. The quantitative estimate of drug-likeness (QED) is 0.895. The lowest BCUT2D eigenvalue weighted by molar-refractivity contribution is -0.118. The molecule has 2 aromatic rings. The van der Waals surface area contributed by atoms with Gasteiger partial charge in [0.1, 0.15) is 0 Å². The third-order valence-electron chi connectivity index (χ3n) is 3.97. The Labute approximate surface area is 144 Å². The van der Waals surface area contributed by atoms with Crippen LogP contribution in [-0.4, -0.2) is 30.5 Å². The predicted octanol–water partition coefficient (Wildman–Crippen LogP) is 2.72. The van der Waals surface area contributed by atoms with E-state index in [1.54, 1.807) is 23.3 Å². The molecule has 0 aliphatic carbocycles. The number of benzene rings is 1. The average Bonchev–Trinajstić information content (AvgIpc) is 2.96. The van der Waals surface area contributed by atoms with Crippen LogP contribution in [0, 0.1) is 6.92 Å². The van der Waals surface area contributed by atoms with Gasteiger partial charge in [0.2, 0.25) is 5.91 Å². The van der Waals surface area contributed by atoms with Gasteiger partial charge in [0.05, 0.1) is 5.01 Å². The van der Waals surface area contributed by atoms with E-state index < -0.39 is 0 Å². The molecule has 3 rings (SSSR count). The number of hydrogen-bond donors (Lipinski definition) is 2. The third-order valence-corrected chi connectivity index (χ3v) is 4.95. The van der Waals surface area contributed by atoms with E-state index in [4.69, 9.17) is 0 Å². The van der Waals surface area contributed by atoms with Crippen LogP contribution >= 0.6 is 11.3 Å². The summed E-state index contributed by atoms with van der Waals surface area (Å²) in [6.07, 6.45) is 3.78. The zero-order chi connectivity index (χ0) is 17.1. The van der Waals surface area contributed by atoms with Crippen molar-refractivity contribution in [2.75, 3.05) is 23.8 Å². The molecule has 2 N–H and O–H groups in total. The maximum atomic E-state index is 12.0. The number of carbonyl (C=O) groups excluding carboxylic acids is 2. The fraction of sp³-hybridized carbons (Fsp3) is 0.353. The minimum absolute atomic E-state index is 0.123. The number of thiazole rings is 1. The van der Waals surface area contributed by atoms with Crippen molar-refractivity contribution in [2.45, 2.75) is 26.2 Å². The van der Waals surface area contributed by atoms with E-state index in [9.17, 15) is 9.59 Å². The van der Waals surface area contributed by atoms with Gasteiger partial charge < -0.3 is 15.5 Å². The van der Waals surface area contributed by atoms with Crippen molar-refractivity contribution < 1.29 is 9.59 Å². The summed E-state index contributed by atoms with van der Waals surface area (Å²) in [6.45, 7) is 2.56. The van der Waals surface area contributed by atoms with E-state index in [0.717, 1.165) is 28.4 Å². The fourth-order valence-corrected chi connectivity index (χ4v) is 3.50. The van der Waals surface area contributed by atoms with Gasteiger partial charge in [0, 0.05) is 48.9 Å². The van der Waals surface area contributed by atoms with E-state index in [-0.39, 0.29) is 11.9 Å². The molecule has 1 aliphatic rings. The van der Waals surface area contributed by atoms with Crippen LogP contribution in [0.4, 0.5) is 16.2 Å². The molecule has 126 valence electrons. The summed E-state index contributed by atoms with van der Waals surface area (Å²) < 4.78 is 0. The molecule has 6 nitrogen and oxygen atoms in total. The van der Waals surface area contributed by atoms with Crippen molar-refractivity contribution in [3.05, 3.63) is 39.8 Å². The smallest absolute Gasteiger partial charge is 0.319 e. The van der Waals surface area contributed by atoms with Gasteiger partial charge in [0.25, 0.3) is 0 Å². The van der Waals surface area contributed by atoms with Crippen molar-refractivity contribution >= 4 is 34.6 Å². The Kier molecular flexibility index (Phi) is 4.80. The first-order valence-electron chi connectivity index (χ1n) is 7.88. The van der Waals surface area contributed by atoms with Crippen LogP contribution in [0.2, 0.25) is 0 Å². The lowest BCUT2D eigenvalue weighted by Crippen LogP contribution is -2.32. The van der Waals surface area contributed by atoms with Gasteiger partial charge in [-0.25, -0.2) is 9.78 Å². The molecular weight excluding hydrogens is 324 g/mol. The zero-order valence-corrected chi connectivity index (χ0v) is 14.6. The Balaban J connectivity index is 1.54. The monoisotopic (exact) mass is 344 g/mol. The lowest BCUT2D eigenvalue weighted by atomic mass is 10.0. The number of urea groups is 1. The second kappa shape index (κ2) is 7.00. The van der Waals surface area contributed by atoms with Crippen molar-refractivity contribution in [1.29, 1.82) is 0 Å². The van der Waals surface area contributed by atoms with Crippen LogP contribution in [0.5, 0.6) is 0 Å². The highest BCUT2D eigenvalue weighted by Gasteiger charge is 2.20. The molecule has 0 radical (unpaired) electrons. The van der Waals surface area contributed by atoms with Gasteiger partial charge in [-0.15, -0.1) is 11.3 Å². The maximum absolute atomic E-state index is 12.0. The molecule has 0 bridgehead atoms. The number of amides is 3. The number of carbonyl (C=O) groups is 2. The summed E-state index contributed by atoms with van der Waals surface area (Å²) in [5.74, 6) is 0.123. The Morgan fingerprint density at radius 1 is 1.38 bits per heavy atom. The van der Waals surface area contributed by atoms with Crippen molar-refractivity contribution in [2.24, 2.45) is 0 Å². The van der Waals surface area contributed by atoms with Gasteiger partial charge >= 0.3 is 6.03 Å². The second-order valence-corrected chi connectivity index (χ2v) is 7.11. The van der Waals surface area contributed by atoms with Crippen LogP contribution in [0.3, 0.4) is 0 Å². The molecule has 24 heavy (non-hydrogen) atoms. The molecule has 0 saturated heterocycles. The van der Waals surface area contributed by atoms with Gasteiger partial charge in [-0.3, -0.25) is 4.79 Å². The first-order valence-corrected chi connectivity index (χ1v) is 8.70. The minimum Gasteiger partial charge on any atom is -0.337 e. The molecule has 2 heterocycles. The van der Waals surface area contributed by atoms with E-state index >= 15 is 0 Å². The highest BCUT2D eigenvalue weighted by molar-refractivity contribution is 7.11. The SMILES string of the molecule is Cc1cnc(CCNC(=O)Nc2ccc3c(c2)CCC(=O)N3C)s1. The fourth-order valence-electron chi connectivity index (χ4n) is 2.71. The van der Waals surface area contributed by atoms with Crippen LogP contribution < -0.4 is 15.5 Å². The van der Waals surface area contributed by atoms with Gasteiger partial charge in [-0.2, -0.15) is 0 Å². The highest BCUT2D eigenvalue weighted by Crippen LogP contribution is 2.29. The van der Waals surface area contributed by atoms with Crippen LogP contribution in [0.1, 0.15) is 21.9 Å². The Morgan fingerprint density at radius 3 is 2.96 bits per heavy atom. The number of anilines is 2. The lowest BCUT2D eigenvalue weighted by Gasteiger charge is -2.26. The van der Waals surface area contributed by atoms with E-state index in [2.05, 4.69) is 15.6 Å². The van der Waals surface area contributed by atoms with Crippen LogP contribution in [0.15, 0.2) is 24.4 Å². The van der Waals surface area contributed by atoms with Gasteiger partial charge in [-0.05, 0) is 37.1 Å². The molecular formula is C17H20N4O2S. The molecule has 0 fully saturated rings. The topological polar surface area (TPSA) is 74.3 Å². The summed E-state index contributed by atoms with van der Waals surface area (Å²) >= 11 is 1.64. The molecule has 1 aliphatic heterocycles. The molecule has 0 saturated carbocycles. The number of hydrogen-bond acceptors (Lipinski definition) is 4. The highest BCUT2D eigenvalue weighted by atomic mass is 32.1. The Bertz CT molecular complexity index is 772. The summed E-state index contributed by atoms with van der Waals surface area (Å²) in [6, 6.07) is 5.39. The van der Waals surface area contributed by atoms with E-state index in [0.29, 0.717) is 19.4 Å². The first kappa shape index (κ1) is 16.4. The number of nitrogens with zero attached hydrogens (tertiary/aromatic N) is 2. The summed E-state index contributed by atoms with van der Waals surface area (Å²) in [4.78, 5) is 30.8. The number of nitrogens with one attached hydrogen (secondary N) is 2. The van der Waals surface area contributed by atoms with E-state index in [1.807, 2.05) is 31.3 Å². The molecule has 7 heteroatoms. The first-order chi connectivity index (χ1) is 11.5. The largest absolute Gasteiger partial charge is 0.337 e. The predicted molar refractivity (Wildman–Crippen MR) is 95.7 cm³/mol. The Hall–Kier alpha value is -2.41. The molecule has 0 atom stereocenters. The van der Waals surface area contributed by atoms with Crippen molar-refractivity contribution in [1.82, 2.24) is 10.3 Å². The number of aryl methyl sites for hydroxylation is 2. The summed E-state index contributed by atoms with van der Waals surface area (Å²) in [7, 11) is 1.78. The maximum Gasteiger partial charge on any atom is 0.319 e. The molecule has 3 amide bonds. The molecule has 1 aromatic heterocycles. The molecule has 0 unspecified atom stereocenters. The van der Waals surface area contributed by atoms with Gasteiger partial charge in [0.15, 0.2) is 0 Å². The zero-order valence-electron chi connectivity index (χ0n) is 13.8. The van der Waals surface area contributed by atoms with Crippen LogP contribution in [0.25, 0.3) is 0 Å². The third kappa shape index (κ3) is 3.73. The summed E-state index contributed by atoms with van der Waals surface area (Å²) in [5.41, 5.74) is 2.73. The minimum atomic E-state index is -0.233. The number of rotatable bonds is 4. The standard InChI is InChI=1S/C17H20N4O2S/c1-11-10-19-15(24-11)7-8-18-17(23)20-13-4-5-14-12(9-13)3-6-16(22)21(14)2/h4-5,9-10H,3,6-8H2,1-2H3,(H2,18,20,23). The van der Waals surface area contributed by atoms with Crippen molar-refractivity contribution in [3.63, 3.8) is 0 Å². The van der Waals surface area contributed by atoms with Gasteiger partial charge in [-0.1, -0.05) is 0 Å². The summed E-state index contributed by atoms with van der Waals surface area (Å²) in [5, 5.41) is 6.70. The average molecular weight is 344 g/mol. The van der Waals surface area contributed by atoms with Crippen LogP contribution in [-0.2, 0) is 17.6 Å². The number of fused-ring (bicyclic) bond motifs is 1. The Morgan fingerprint density at radius 2 is 2.21 bits per heavy atom. The molecule has 1 aromatic carbocycles. The van der Waals surface area contributed by atoms with Crippen molar-refractivity contribution in [3.8, 4) is 0 Å². The number of aromatic nitrogens is 1. The van der Waals surface area contributed by atoms with E-state index in [1.165, 1.54) is 4.88 Å². The molecule has 0 spiro atoms.